The maximum absolute atomic E-state index is 10.8. The first-order valence-corrected chi connectivity index (χ1v) is 9.10. The number of ether oxygens (including phenoxy) is 1. The third-order valence-electron chi connectivity index (χ3n) is 4.57. The summed E-state index contributed by atoms with van der Waals surface area (Å²) in [6.07, 6.45) is 3.18. The minimum atomic E-state index is -0.403. The van der Waals surface area contributed by atoms with Crippen LogP contribution in [0.1, 0.15) is 32.4 Å². The quantitative estimate of drug-likeness (QED) is 0.581. The smallest absolute Gasteiger partial charge is 0.269 e. The predicted octanol–water partition coefficient (Wildman–Crippen LogP) is 3.62. The van der Waals surface area contributed by atoms with E-state index < -0.39 is 4.92 Å². The van der Waals surface area contributed by atoms with Crippen LogP contribution >= 0.6 is 0 Å². The number of rotatable bonds is 6. The maximum atomic E-state index is 10.8. The third-order valence-corrected chi connectivity index (χ3v) is 4.57. The van der Waals surface area contributed by atoms with Crippen molar-refractivity contribution in [1.29, 1.82) is 0 Å². The number of hydrogen-bond donors (Lipinski definition) is 0. The second-order valence-corrected chi connectivity index (χ2v) is 6.36. The summed E-state index contributed by atoms with van der Waals surface area (Å²) in [7, 11) is 0. The summed E-state index contributed by atoms with van der Waals surface area (Å²) in [5, 5.41) is 10.8. The van der Waals surface area contributed by atoms with Crippen LogP contribution in [0.4, 0.5) is 11.5 Å². The molecule has 0 N–H and O–H groups in total. The summed E-state index contributed by atoms with van der Waals surface area (Å²) in [6, 6.07) is 8.42. The summed E-state index contributed by atoms with van der Waals surface area (Å²) in [4.78, 5) is 22.0. The number of aryl methyl sites for hydroxylation is 1. The number of benzene rings is 1. The van der Waals surface area contributed by atoms with Crippen molar-refractivity contribution in [2.45, 2.75) is 39.2 Å². The molecule has 1 unspecified atom stereocenters. The number of anilines is 1. The Kier molecular flexibility index (Phi) is 5.78. The maximum Gasteiger partial charge on any atom is 0.269 e. The normalized spacial score (nSPS) is 17.3. The molecule has 26 heavy (non-hydrogen) atoms. The van der Waals surface area contributed by atoms with Crippen LogP contribution in [0.15, 0.2) is 30.3 Å². The summed E-state index contributed by atoms with van der Waals surface area (Å²) >= 11 is 0. The average Bonchev–Trinajstić information content (AvgIpc) is 2.68. The van der Waals surface area contributed by atoms with Crippen molar-refractivity contribution in [3.63, 3.8) is 0 Å². The fraction of sp³-hybridized carbons (Fsp3) is 0.474. The number of non-ortho nitro benzene ring substituents is 1. The Hall–Kier alpha value is -2.54. The van der Waals surface area contributed by atoms with Crippen molar-refractivity contribution in [3.8, 4) is 11.4 Å². The second-order valence-electron chi connectivity index (χ2n) is 6.36. The number of nitro groups is 1. The van der Waals surface area contributed by atoms with Crippen molar-refractivity contribution < 1.29 is 9.66 Å². The summed E-state index contributed by atoms with van der Waals surface area (Å²) < 4.78 is 5.79. The zero-order chi connectivity index (χ0) is 18.5. The fourth-order valence-electron chi connectivity index (χ4n) is 3.21. The van der Waals surface area contributed by atoms with Crippen LogP contribution in [0.25, 0.3) is 11.4 Å². The molecule has 1 atom stereocenters. The molecule has 1 fully saturated rings. The van der Waals surface area contributed by atoms with Gasteiger partial charge in [-0.1, -0.05) is 6.92 Å². The molecule has 7 nitrogen and oxygen atoms in total. The van der Waals surface area contributed by atoms with E-state index in [9.17, 15) is 10.1 Å². The van der Waals surface area contributed by atoms with E-state index in [0.29, 0.717) is 5.82 Å². The van der Waals surface area contributed by atoms with Crippen LogP contribution in [0, 0.1) is 10.1 Å². The van der Waals surface area contributed by atoms with Crippen LogP contribution in [0.3, 0.4) is 0 Å². The Morgan fingerprint density at radius 3 is 2.69 bits per heavy atom. The number of piperidine rings is 1. The molecule has 1 aliphatic heterocycles. The lowest BCUT2D eigenvalue weighted by Crippen LogP contribution is -2.40. The highest BCUT2D eigenvalue weighted by atomic mass is 16.6. The molecule has 1 aliphatic rings. The van der Waals surface area contributed by atoms with E-state index in [2.05, 4.69) is 16.8 Å². The molecule has 1 aromatic heterocycles. The van der Waals surface area contributed by atoms with Gasteiger partial charge in [-0.05, 0) is 38.3 Å². The van der Waals surface area contributed by atoms with Crippen molar-refractivity contribution in [3.05, 3.63) is 46.1 Å². The molecular weight excluding hydrogens is 332 g/mol. The number of aromatic nitrogens is 2. The van der Waals surface area contributed by atoms with Gasteiger partial charge < -0.3 is 9.64 Å². The molecule has 2 aromatic rings. The Morgan fingerprint density at radius 2 is 2.04 bits per heavy atom. The van der Waals surface area contributed by atoms with E-state index in [1.807, 2.05) is 13.0 Å². The Bertz CT molecular complexity index is 762. The Labute approximate surface area is 153 Å². The van der Waals surface area contributed by atoms with Crippen molar-refractivity contribution in [2.24, 2.45) is 0 Å². The van der Waals surface area contributed by atoms with Gasteiger partial charge in [-0.15, -0.1) is 0 Å². The molecule has 0 bridgehead atoms. The molecule has 0 spiro atoms. The van der Waals surface area contributed by atoms with E-state index in [1.54, 1.807) is 12.1 Å². The zero-order valence-corrected chi connectivity index (χ0v) is 15.2. The van der Waals surface area contributed by atoms with Gasteiger partial charge in [0.1, 0.15) is 5.82 Å². The lowest BCUT2D eigenvalue weighted by Gasteiger charge is -2.33. The predicted molar refractivity (Wildman–Crippen MR) is 100 cm³/mol. The van der Waals surface area contributed by atoms with Gasteiger partial charge in [-0.25, -0.2) is 9.97 Å². The first-order chi connectivity index (χ1) is 12.6. The van der Waals surface area contributed by atoms with Gasteiger partial charge in [-0.2, -0.15) is 0 Å². The number of nitro benzene ring substituents is 1. The Morgan fingerprint density at radius 1 is 1.27 bits per heavy atom. The van der Waals surface area contributed by atoms with Crippen LogP contribution in [0.5, 0.6) is 0 Å². The molecule has 1 saturated heterocycles. The molecule has 0 amide bonds. The highest BCUT2D eigenvalue weighted by Crippen LogP contribution is 2.25. The SMILES string of the molecule is CCOC1CCCN(c2cc(CC)nc(-c3ccc([N+](=O)[O-])cc3)n2)C1. The van der Waals surface area contributed by atoms with Crippen LogP contribution in [-0.2, 0) is 11.2 Å². The third kappa shape index (κ3) is 4.16. The molecule has 2 heterocycles. The van der Waals surface area contributed by atoms with Crippen molar-refractivity contribution >= 4 is 11.5 Å². The van der Waals surface area contributed by atoms with Crippen molar-refractivity contribution in [1.82, 2.24) is 9.97 Å². The molecule has 138 valence electrons. The highest BCUT2D eigenvalue weighted by molar-refractivity contribution is 5.60. The molecule has 3 rings (SSSR count). The van der Waals surface area contributed by atoms with Gasteiger partial charge in [-0.3, -0.25) is 10.1 Å². The van der Waals surface area contributed by atoms with Gasteiger partial charge in [0.15, 0.2) is 5.82 Å². The molecular formula is C19H24N4O3. The summed E-state index contributed by atoms with van der Waals surface area (Å²) in [5.74, 6) is 1.50. The molecule has 7 heteroatoms. The van der Waals surface area contributed by atoms with E-state index in [4.69, 9.17) is 9.72 Å². The minimum absolute atomic E-state index is 0.0659. The molecule has 0 aliphatic carbocycles. The number of nitrogens with zero attached hydrogens (tertiary/aromatic N) is 4. The van der Waals surface area contributed by atoms with E-state index >= 15 is 0 Å². The van der Waals surface area contributed by atoms with Crippen LogP contribution in [0.2, 0.25) is 0 Å². The van der Waals surface area contributed by atoms with Gasteiger partial charge in [0, 0.05) is 49.2 Å². The summed E-state index contributed by atoms with van der Waals surface area (Å²) in [6.45, 7) is 6.57. The van der Waals surface area contributed by atoms with Gasteiger partial charge in [0.25, 0.3) is 5.69 Å². The zero-order valence-electron chi connectivity index (χ0n) is 15.2. The monoisotopic (exact) mass is 356 g/mol. The van der Waals surface area contributed by atoms with Gasteiger partial charge in [0.2, 0.25) is 0 Å². The van der Waals surface area contributed by atoms with Gasteiger partial charge in [0.05, 0.1) is 11.0 Å². The average molecular weight is 356 g/mol. The van der Waals surface area contributed by atoms with E-state index in [1.165, 1.54) is 12.1 Å². The molecule has 0 saturated carbocycles. The summed E-state index contributed by atoms with van der Waals surface area (Å²) in [5.41, 5.74) is 1.81. The molecule has 0 radical (unpaired) electrons. The van der Waals surface area contributed by atoms with Crippen LogP contribution in [-0.4, -0.2) is 40.7 Å². The topological polar surface area (TPSA) is 81.4 Å². The van der Waals surface area contributed by atoms with Gasteiger partial charge >= 0.3 is 0 Å². The van der Waals surface area contributed by atoms with Crippen LogP contribution < -0.4 is 4.90 Å². The second kappa shape index (κ2) is 8.23. The molecule has 1 aromatic carbocycles. The van der Waals surface area contributed by atoms with E-state index in [-0.39, 0.29) is 11.8 Å². The van der Waals surface area contributed by atoms with Crippen molar-refractivity contribution in [2.75, 3.05) is 24.6 Å². The standard InChI is InChI=1S/C19H24N4O3/c1-3-15-12-18(22-11-5-6-17(13-22)26-4-2)21-19(20-15)14-7-9-16(10-8-14)23(24)25/h7-10,12,17H,3-6,11,13H2,1-2H3. The largest absolute Gasteiger partial charge is 0.377 e. The lowest BCUT2D eigenvalue weighted by molar-refractivity contribution is -0.384. The first-order valence-electron chi connectivity index (χ1n) is 9.10. The van der Waals surface area contributed by atoms with E-state index in [0.717, 1.165) is 56.0 Å². The number of hydrogen-bond acceptors (Lipinski definition) is 6. The highest BCUT2D eigenvalue weighted by Gasteiger charge is 2.22. The fourth-order valence-corrected chi connectivity index (χ4v) is 3.21. The first kappa shape index (κ1) is 18.3. The minimum Gasteiger partial charge on any atom is -0.377 e. The lowest BCUT2D eigenvalue weighted by atomic mass is 10.1. The Balaban J connectivity index is 1.90.